The summed E-state index contributed by atoms with van der Waals surface area (Å²) < 4.78 is 0. The van der Waals surface area contributed by atoms with Crippen LogP contribution in [0.25, 0.3) is 0 Å². The Morgan fingerprint density at radius 2 is 1.86 bits per heavy atom. The predicted octanol–water partition coefficient (Wildman–Crippen LogP) is 1.96. The summed E-state index contributed by atoms with van der Waals surface area (Å²) in [6.07, 6.45) is 1.78. The number of rotatable bonds is 7. The van der Waals surface area contributed by atoms with Crippen LogP contribution in [0.2, 0.25) is 0 Å². The van der Waals surface area contributed by atoms with E-state index in [0.29, 0.717) is 6.54 Å². The van der Waals surface area contributed by atoms with Gasteiger partial charge in [-0.2, -0.15) is 0 Å². The average molecular weight is 285 g/mol. The number of nitrogens with zero attached hydrogens (tertiary/aromatic N) is 2. The van der Waals surface area contributed by atoms with Gasteiger partial charge in [-0.25, -0.2) is 0 Å². The van der Waals surface area contributed by atoms with E-state index in [1.807, 2.05) is 43.3 Å². The molecule has 1 aromatic heterocycles. The Bertz CT molecular complexity index is 516. The first kappa shape index (κ1) is 15.6. The maximum absolute atomic E-state index is 9.39. The molecule has 0 aliphatic carbocycles. The molecule has 0 radical (unpaired) electrons. The minimum atomic E-state index is -0.0739. The first-order chi connectivity index (χ1) is 10.2. The molecule has 4 heteroatoms. The third kappa shape index (κ3) is 4.36. The van der Waals surface area contributed by atoms with E-state index in [2.05, 4.69) is 22.0 Å². The molecule has 2 atom stereocenters. The number of benzene rings is 1. The standard InChI is InChI=1S/C17H23N3O/c1-14(18)17(16-9-5-6-10-19-16)20(11-12-21)13-15-7-3-2-4-8-15/h2-10,14,17,21H,11-13,18H2,1H3. The number of aliphatic hydroxyl groups is 1. The van der Waals surface area contributed by atoms with Crippen molar-refractivity contribution in [1.29, 1.82) is 0 Å². The minimum absolute atomic E-state index is 0.0152. The average Bonchev–Trinajstić information content (AvgIpc) is 2.49. The molecular weight excluding hydrogens is 262 g/mol. The Kier molecular flexibility index (Phi) is 5.87. The normalized spacial score (nSPS) is 14.1. The summed E-state index contributed by atoms with van der Waals surface area (Å²) in [5.41, 5.74) is 8.33. The monoisotopic (exact) mass is 285 g/mol. The lowest BCUT2D eigenvalue weighted by Gasteiger charge is -2.33. The molecule has 4 nitrogen and oxygen atoms in total. The fraction of sp³-hybridized carbons (Fsp3) is 0.353. The summed E-state index contributed by atoms with van der Waals surface area (Å²) in [4.78, 5) is 6.62. The van der Waals surface area contributed by atoms with Crippen LogP contribution < -0.4 is 5.73 Å². The molecule has 1 aromatic carbocycles. The molecule has 0 aliphatic rings. The van der Waals surface area contributed by atoms with Crippen molar-refractivity contribution in [2.45, 2.75) is 25.6 Å². The van der Waals surface area contributed by atoms with Gasteiger partial charge in [-0.3, -0.25) is 9.88 Å². The van der Waals surface area contributed by atoms with Crippen LogP contribution in [-0.4, -0.2) is 34.2 Å². The van der Waals surface area contributed by atoms with Gasteiger partial charge in [0.25, 0.3) is 0 Å². The highest BCUT2D eigenvalue weighted by Gasteiger charge is 2.24. The minimum Gasteiger partial charge on any atom is -0.395 e. The lowest BCUT2D eigenvalue weighted by atomic mass is 10.0. The van der Waals surface area contributed by atoms with E-state index in [1.54, 1.807) is 6.20 Å². The largest absolute Gasteiger partial charge is 0.395 e. The quantitative estimate of drug-likeness (QED) is 0.816. The highest BCUT2D eigenvalue weighted by Crippen LogP contribution is 2.23. The van der Waals surface area contributed by atoms with E-state index in [9.17, 15) is 5.11 Å². The molecule has 1 heterocycles. The second kappa shape index (κ2) is 7.88. The molecule has 0 fully saturated rings. The number of hydrogen-bond acceptors (Lipinski definition) is 4. The van der Waals surface area contributed by atoms with E-state index in [0.717, 1.165) is 12.2 Å². The fourth-order valence-corrected chi connectivity index (χ4v) is 2.60. The van der Waals surface area contributed by atoms with Gasteiger partial charge in [0.15, 0.2) is 0 Å². The van der Waals surface area contributed by atoms with Crippen LogP contribution in [0.3, 0.4) is 0 Å². The Hall–Kier alpha value is -1.75. The Balaban J connectivity index is 2.25. The first-order valence-corrected chi connectivity index (χ1v) is 7.27. The van der Waals surface area contributed by atoms with Gasteiger partial charge in [0, 0.05) is 25.3 Å². The van der Waals surface area contributed by atoms with Gasteiger partial charge in [-0.1, -0.05) is 36.4 Å². The number of aliphatic hydroxyl groups excluding tert-OH is 1. The molecule has 0 saturated heterocycles. The second-order valence-electron chi connectivity index (χ2n) is 5.24. The van der Waals surface area contributed by atoms with Crippen LogP contribution >= 0.6 is 0 Å². The molecule has 0 bridgehead atoms. The second-order valence-corrected chi connectivity index (χ2v) is 5.24. The molecule has 0 spiro atoms. The van der Waals surface area contributed by atoms with Crippen molar-refractivity contribution in [2.75, 3.05) is 13.2 Å². The van der Waals surface area contributed by atoms with Crippen molar-refractivity contribution in [3.05, 3.63) is 66.0 Å². The molecule has 112 valence electrons. The molecule has 3 N–H and O–H groups in total. The number of pyridine rings is 1. The van der Waals surface area contributed by atoms with Gasteiger partial charge in [0.05, 0.1) is 18.3 Å². The zero-order valence-corrected chi connectivity index (χ0v) is 12.4. The van der Waals surface area contributed by atoms with Crippen LogP contribution in [0.15, 0.2) is 54.7 Å². The molecule has 2 unspecified atom stereocenters. The van der Waals surface area contributed by atoms with Crippen LogP contribution in [-0.2, 0) is 6.54 Å². The summed E-state index contributed by atoms with van der Waals surface area (Å²) in [7, 11) is 0. The summed E-state index contributed by atoms with van der Waals surface area (Å²) >= 11 is 0. The van der Waals surface area contributed by atoms with Gasteiger partial charge in [-0.05, 0) is 24.6 Å². The number of hydrogen-bond donors (Lipinski definition) is 2. The summed E-state index contributed by atoms with van der Waals surface area (Å²) in [5.74, 6) is 0. The predicted molar refractivity (Wildman–Crippen MR) is 84.6 cm³/mol. The highest BCUT2D eigenvalue weighted by atomic mass is 16.3. The zero-order chi connectivity index (χ0) is 15.1. The lowest BCUT2D eigenvalue weighted by molar-refractivity contribution is 0.127. The van der Waals surface area contributed by atoms with Crippen LogP contribution in [0.1, 0.15) is 24.2 Å². The summed E-state index contributed by atoms with van der Waals surface area (Å²) in [5, 5.41) is 9.39. The molecular formula is C17H23N3O. The van der Waals surface area contributed by atoms with Gasteiger partial charge in [0.2, 0.25) is 0 Å². The van der Waals surface area contributed by atoms with Crippen LogP contribution in [0, 0.1) is 0 Å². The van der Waals surface area contributed by atoms with Crippen LogP contribution in [0.5, 0.6) is 0 Å². The summed E-state index contributed by atoms with van der Waals surface area (Å²) in [6.45, 7) is 3.39. The smallest absolute Gasteiger partial charge is 0.0674 e. The number of nitrogens with two attached hydrogens (primary N) is 1. The maximum atomic E-state index is 9.39. The molecule has 2 aromatic rings. The SMILES string of the molecule is CC(N)C(c1ccccn1)N(CCO)Cc1ccccc1. The first-order valence-electron chi connectivity index (χ1n) is 7.27. The Labute approximate surface area is 126 Å². The molecule has 2 rings (SSSR count). The summed E-state index contributed by atoms with van der Waals surface area (Å²) in [6, 6.07) is 16.0. The Morgan fingerprint density at radius 1 is 1.14 bits per heavy atom. The van der Waals surface area contributed by atoms with Crippen molar-refractivity contribution in [1.82, 2.24) is 9.88 Å². The van der Waals surface area contributed by atoms with E-state index in [4.69, 9.17) is 5.73 Å². The molecule has 0 aliphatic heterocycles. The van der Waals surface area contributed by atoms with Gasteiger partial charge >= 0.3 is 0 Å². The molecule has 0 saturated carbocycles. The molecule has 21 heavy (non-hydrogen) atoms. The van der Waals surface area contributed by atoms with E-state index in [-0.39, 0.29) is 18.7 Å². The van der Waals surface area contributed by atoms with Crippen LogP contribution in [0.4, 0.5) is 0 Å². The van der Waals surface area contributed by atoms with Crippen molar-refractivity contribution < 1.29 is 5.11 Å². The maximum Gasteiger partial charge on any atom is 0.0674 e. The van der Waals surface area contributed by atoms with Gasteiger partial charge < -0.3 is 10.8 Å². The van der Waals surface area contributed by atoms with E-state index in [1.165, 1.54) is 5.56 Å². The van der Waals surface area contributed by atoms with Crippen molar-refractivity contribution >= 4 is 0 Å². The Morgan fingerprint density at radius 3 is 2.43 bits per heavy atom. The van der Waals surface area contributed by atoms with E-state index < -0.39 is 0 Å². The van der Waals surface area contributed by atoms with Gasteiger partial charge in [-0.15, -0.1) is 0 Å². The number of aromatic nitrogens is 1. The third-order valence-electron chi connectivity index (χ3n) is 3.50. The third-order valence-corrected chi connectivity index (χ3v) is 3.50. The highest BCUT2D eigenvalue weighted by molar-refractivity contribution is 5.16. The topological polar surface area (TPSA) is 62.4 Å². The molecule has 0 amide bonds. The zero-order valence-electron chi connectivity index (χ0n) is 12.4. The fourth-order valence-electron chi connectivity index (χ4n) is 2.60. The lowest BCUT2D eigenvalue weighted by Crippen LogP contribution is -2.41. The van der Waals surface area contributed by atoms with Crippen molar-refractivity contribution in [2.24, 2.45) is 5.73 Å². The van der Waals surface area contributed by atoms with E-state index >= 15 is 0 Å². The van der Waals surface area contributed by atoms with Crippen molar-refractivity contribution in [3.8, 4) is 0 Å². The van der Waals surface area contributed by atoms with Crippen molar-refractivity contribution in [3.63, 3.8) is 0 Å². The van der Waals surface area contributed by atoms with Gasteiger partial charge in [0.1, 0.15) is 0 Å².